The highest BCUT2D eigenvalue weighted by Crippen LogP contribution is 2.28. The molecule has 0 amide bonds. The third kappa shape index (κ3) is 2.61. The van der Waals surface area contributed by atoms with Gasteiger partial charge in [0.1, 0.15) is 0 Å². The molecular formula is C14H22N2O. The Morgan fingerprint density at radius 2 is 2.24 bits per heavy atom. The molecule has 0 aromatic heterocycles. The minimum Gasteiger partial charge on any atom is -0.379 e. The number of para-hydroxylation sites is 1. The van der Waals surface area contributed by atoms with E-state index in [0.717, 1.165) is 26.1 Å². The normalized spacial score (nSPS) is 21.5. The average Bonchev–Trinajstić information content (AvgIpc) is 2.91. The molecule has 0 radical (unpaired) electrons. The van der Waals surface area contributed by atoms with E-state index in [1.807, 2.05) is 0 Å². The van der Waals surface area contributed by atoms with E-state index in [4.69, 9.17) is 10.5 Å². The van der Waals surface area contributed by atoms with Gasteiger partial charge in [-0.15, -0.1) is 0 Å². The molecule has 17 heavy (non-hydrogen) atoms. The van der Waals surface area contributed by atoms with Gasteiger partial charge in [0.2, 0.25) is 0 Å². The molecule has 3 nitrogen and oxygen atoms in total. The van der Waals surface area contributed by atoms with E-state index < -0.39 is 0 Å². The lowest BCUT2D eigenvalue weighted by Gasteiger charge is -2.29. The number of hydrogen-bond donors (Lipinski definition) is 1. The van der Waals surface area contributed by atoms with Gasteiger partial charge >= 0.3 is 0 Å². The quantitative estimate of drug-likeness (QED) is 0.869. The molecule has 1 aliphatic rings. The second-order valence-electron chi connectivity index (χ2n) is 4.70. The van der Waals surface area contributed by atoms with Crippen molar-refractivity contribution in [1.82, 2.24) is 0 Å². The van der Waals surface area contributed by atoms with Crippen LogP contribution < -0.4 is 10.6 Å². The summed E-state index contributed by atoms with van der Waals surface area (Å²) >= 11 is 0. The average molecular weight is 234 g/mol. The maximum Gasteiger partial charge on any atom is 0.0670 e. The molecule has 2 rings (SSSR count). The molecule has 94 valence electrons. The van der Waals surface area contributed by atoms with Crippen molar-refractivity contribution >= 4 is 5.69 Å². The van der Waals surface area contributed by atoms with Gasteiger partial charge in [-0.05, 0) is 24.5 Å². The Morgan fingerprint density at radius 3 is 2.88 bits per heavy atom. The summed E-state index contributed by atoms with van der Waals surface area (Å²) in [5.41, 5.74) is 8.66. The number of hydrogen-bond acceptors (Lipinski definition) is 3. The molecule has 1 heterocycles. The summed E-state index contributed by atoms with van der Waals surface area (Å²) < 4.78 is 5.45. The first-order valence-electron chi connectivity index (χ1n) is 6.39. The van der Waals surface area contributed by atoms with Crippen molar-refractivity contribution in [3.63, 3.8) is 0 Å². The molecular weight excluding hydrogens is 212 g/mol. The van der Waals surface area contributed by atoms with Crippen molar-refractivity contribution in [2.24, 2.45) is 5.73 Å². The Kier molecular flexibility index (Phi) is 4.02. The maximum atomic E-state index is 6.17. The number of anilines is 1. The summed E-state index contributed by atoms with van der Waals surface area (Å²) in [6.07, 6.45) is 2.07. The molecule has 0 aliphatic carbocycles. The third-order valence-corrected chi connectivity index (χ3v) is 3.61. The van der Waals surface area contributed by atoms with Crippen LogP contribution in [-0.2, 0) is 4.74 Å². The Balaban J connectivity index is 2.24. The van der Waals surface area contributed by atoms with Gasteiger partial charge in [0.05, 0.1) is 12.6 Å². The molecule has 3 heteroatoms. The van der Waals surface area contributed by atoms with Gasteiger partial charge in [0.25, 0.3) is 0 Å². The minimum absolute atomic E-state index is 0.121. The summed E-state index contributed by atoms with van der Waals surface area (Å²) in [6.45, 7) is 3.82. The first kappa shape index (κ1) is 12.4. The Morgan fingerprint density at radius 1 is 1.47 bits per heavy atom. The summed E-state index contributed by atoms with van der Waals surface area (Å²) in [4.78, 5) is 2.32. The Labute approximate surface area is 104 Å². The van der Waals surface area contributed by atoms with E-state index in [-0.39, 0.29) is 6.04 Å². The lowest BCUT2D eigenvalue weighted by Crippen LogP contribution is -2.33. The molecule has 0 bridgehead atoms. The van der Waals surface area contributed by atoms with E-state index in [2.05, 4.69) is 43.1 Å². The van der Waals surface area contributed by atoms with Crippen molar-refractivity contribution in [3.05, 3.63) is 29.8 Å². The number of benzene rings is 1. The first-order chi connectivity index (χ1) is 8.24. The number of nitrogens with zero attached hydrogens (tertiary/aromatic N) is 1. The Bertz CT molecular complexity index is 361. The molecule has 1 fully saturated rings. The molecule has 0 spiro atoms. The van der Waals surface area contributed by atoms with Crippen LogP contribution in [-0.4, -0.2) is 26.3 Å². The van der Waals surface area contributed by atoms with Gasteiger partial charge in [0.15, 0.2) is 0 Å². The molecule has 1 aromatic carbocycles. The van der Waals surface area contributed by atoms with Crippen LogP contribution in [0.3, 0.4) is 0 Å². The van der Waals surface area contributed by atoms with Crippen molar-refractivity contribution < 1.29 is 4.74 Å². The van der Waals surface area contributed by atoms with Crippen LogP contribution in [0.25, 0.3) is 0 Å². The zero-order valence-corrected chi connectivity index (χ0v) is 10.7. The van der Waals surface area contributed by atoms with Crippen molar-refractivity contribution in [3.8, 4) is 0 Å². The van der Waals surface area contributed by atoms with Crippen LogP contribution in [0, 0.1) is 0 Å². The predicted molar refractivity (Wildman–Crippen MR) is 71.3 cm³/mol. The lowest BCUT2D eigenvalue weighted by molar-refractivity contribution is 0.193. The van der Waals surface area contributed by atoms with E-state index >= 15 is 0 Å². The summed E-state index contributed by atoms with van der Waals surface area (Å²) in [6, 6.07) is 9.04. The van der Waals surface area contributed by atoms with Crippen molar-refractivity contribution in [1.29, 1.82) is 0 Å². The SMILES string of the molecule is CC[C@H](N)c1ccccc1N(C)C1CCOC1. The highest BCUT2D eigenvalue weighted by atomic mass is 16.5. The van der Waals surface area contributed by atoms with Crippen molar-refractivity contribution in [2.75, 3.05) is 25.2 Å². The minimum atomic E-state index is 0.121. The van der Waals surface area contributed by atoms with Gasteiger partial charge in [0, 0.05) is 25.4 Å². The number of ether oxygens (including phenoxy) is 1. The van der Waals surface area contributed by atoms with Gasteiger partial charge in [-0.25, -0.2) is 0 Å². The van der Waals surface area contributed by atoms with Crippen LogP contribution in [0.2, 0.25) is 0 Å². The van der Waals surface area contributed by atoms with E-state index in [1.165, 1.54) is 11.3 Å². The number of rotatable bonds is 4. The van der Waals surface area contributed by atoms with Crippen molar-refractivity contribution in [2.45, 2.75) is 31.8 Å². The van der Waals surface area contributed by atoms with Crippen LogP contribution >= 0.6 is 0 Å². The standard InChI is InChI=1S/C14H22N2O/c1-3-13(15)12-6-4-5-7-14(12)16(2)11-8-9-17-10-11/h4-7,11,13H,3,8-10,15H2,1-2H3/t11?,13-/m0/s1. The van der Waals surface area contributed by atoms with Crippen LogP contribution in [0.15, 0.2) is 24.3 Å². The molecule has 1 aromatic rings. The maximum absolute atomic E-state index is 6.17. The zero-order valence-electron chi connectivity index (χ0n) is 10.7. The van der Waals surface area contributed by atoms with Crippen LogP contribution in [0.4, 0.5) is 5.69 Å². The second kappa shape index (κ2) is 5.52. The number of nitrogens with two attached hydrogens (primary N) is 1. The molecule has 0 saturated carbocycles. The fourth-order valence-corrected chi connectivity index (χ4v) is 2.37. The van der Waals surface area contributed by atoms with E-state index in [1.54, 1.807) is 0 Å². The van der Waals surface area contributed by atoms with Gasteiger partial charge < -0.3 is 15.4 Å². The smallest absolute Gasteiger partial charge is 0.0670 e. The molecule has 1 aliphatic heterocycles. The van der Waals surface area contributed by atoms with Gasteiger partial charge in [-0.3, -0.25) is 0 Å². The first-order valence-corrected chi connectivity index (χ1v) is 6.39. The van der Waals surface area contributed by atoms with Crippen LogP contribution in [0.1, 0.15) is 31.4 Å². The zero-order chi connectivity index (χ0) is 12.3. The fraction of sp³-hybridized carbons (Fsp3) is 0.571. The number of likely N-dealkylation sites (N-methyl/N-ethyl adjacent to an activating group) is 1. The third-order valence-electron chi connectivity index (χ3n) is 3.61. The van der Waals surface area contributed by atoms with Gasteiger partial charge in [-0.1, -0.05) is 25.1 Å². The highest BCUT2D eigenvalue weighted by Gasteiger charge is 2.22. The molecule has 2 atom stereocenters. The summed E-state index contributed by atoms with van der Waals surface area (Å²) in [5, 5.41) is 0. The van der Waals surface area contributed by atoms with E-state index in [9.17, 15) is 0 Å². The molecule has 2 N–H and O–H groups in total. The molecule has 1 unspecified atom stereocenters. The second-order valence-corrected chi connectivity index (χ2v) is 4.70. The Hall–Kier alpha value is -1.06. The summed E-state index contributed by atoms with van der Waals surface area (Å²) in [5.74, 6) is 0. The largest absolute Gasteiger partial charge is 0.379 e. The monoisotopic (exact) mass is 234 g/mol. The predicted octanol–water partition coefficient (Wildman–Crippen LogP) is 2.32. The van der Waals surface area contributed by atoms with Gasteiger partial charge in [-0.2, -0.15) is 0 Å². The topological polar surface area (TPSA) is 38.5 Å². The lowest BCUT2D eigenvalue weighted by atomic mass is 10.0. The van der Waals surface area contributed by atoms with Crippen LogP contribution in [0.5, 0.6) is 0 Å². The molecule has 1 saturated heterocycles. The van der Waals surface area contributed by atoms with E-state index in [0.29, 0.717) is 6.04 Å². The summed E-state index contributed by atoms with van der Waals surface area (Å²) in [7, 11) is 2.14. The highest BCUT2D eigenvalue weighted by molar-refractivity contribution is 5.55. The fourth-order valence-electron chi connectivity index (χ4n) is 2.37.